The van der Waals surface area contributed by atoms with Gasteiger partial charge in [0.05, 0.1) is 33.9 Å². The zero-order chi connectivity index (χ0) is 46.0. The number of aromatic nitrogens is 2. The topological polar surface area (TPSA) is 206 Å². The molecule has 9 rings (SSSR count). The Hall–Kier alpha value is -6.60. The molecule has 0 spiro atoms. The molecule has 1 unspecified atom stereocenters. The van der Waals surface area contributed by atoms with Gasteiger partial charge in [-0.15, -0.1) is 0 Å². The Kier molecular flexibility index (Phi) is 12.6. The molecule has 0 aliphatic carbocycles. The van der Waals surface area contributed by atoms with E-state index >= 15 is 0 Å². The van der Waals surface area contributed by atoms with Crippen LogP contribution in [0.15, 0.2) is 120 Å². The highest BCUT2D eigenvalue weighted by molar-refractivity contribution is 7.90. The largest absolute Gasteiger partial charge is 0.455 e. The van der Waals surface area contributed by atoms with Crippen molar-refractivity contribution in [1.82, 2.24) is 19.0 Å². The van der Waals surface area contributed by atoms with Crippen molar-refractivity contribution < 1.29 is 36.0 Å². The summed E-state index contributed by atoms with van der Waals surface area (Å²) in [5.41, 5.74) is 6.33. The van der Waals surface area contributed by atoms with E-state index in [4.69, 9.17) is 9.47 Å². The van der Waals surface area contributed by atoms with Crippen LogP contribution in [-0.4, -0.2) is 87.6 Å². The number of aromatic amines is 1. The van der Waals surface area contributed by atoms with Crippen molar-refractivity contribution in [2.45, 2.75) is 43.0 Å². The Morgan fingerprint density at radius 2 is 1.73 bits per heavy atom. The lowest BCUT2D eigenvalue weighted by molar-refractivity contribution is -0.384. The summed E-state index contributed by atoms with van der Waals surface area (Å²) in [6, 6.07) is 28.5. The number of anilines is 2. The molecule has 0 radical (unpaired) electrons. The molecule has 0 saturated carbocycles. The second-order valence-corrected chi connectivity index (χ2v) is 20.5. The van der Waals surface area contributed by atoms with Gasteiger partial charge in [-0.25, -0.2) is 26.5 Å². The van der Waals surface area contributed by atoms with Gasteiger partial charge in [-0.3, -0.25) is 14.9 Å². The molecule has 342 valence electrons. The highest BCUT2D eigenvalue weighted by atomic mass is 32.2. The number of rotatable bonds is 14. The average Bonchev–Trinajstić information content (AvgIpc) is 4.01. The quantitative estimate of drug-likeness (QED) is 0.0697. The van der Waals surface area contributed by atoms with Gasteiger partial charge in [0.1, 0.15) is 22.8 Å². The van der Waals surface area contributed by atoms with Crippen molar-refractivity contribution in [2.75, 3.05) is 55.9 Å². The number of benzene rings is 4. The van der Waals surface area contributed by atoms with E-state index in [2.05, 4.69) is 49.2 Å². The van der Waals surface area contributed by atoms with E-state index in [0.717, 1.165) is 66.1 Å². The van der Waals surface area contributed by atoms with Crippen LogP contribution in [0.25, 0.3) is 27.7 Å². The van der Waals surface area contributed by atoms with E-state index in [-0.39, 0.29) is 29.0 Å². The number of ether oxygens (including phenoxy) is 2. The number of nitrogens with zero attached hydrogens (tertiary/aromatic N) is 4. The minimum absolute atomic E-state index is 0.0625. The highest BCUT2D eigenvalue weighted by Gasteiger charge is 2.31. The number of amides is 1. The standard InChI is InChI=1S/C48H49N7O9S2/c1-65(59,60)53-23-17-34(18-24-53)40-5-2-3-6-41(40)44-7-4-22-54(44)37-11-8-33(9-12-37)35-10-14-42(46(28-35)64-38-27-36-16-21-49-47(36)51-31-38)48(56)52-66(61,62)39-13-15-43(45(29-39)55(57)58)50-30-32-19-25-63-26-20-32/h2-3,5-6,8-17,21,27-29,31-32,44,50H,4,7,18-20,22-26,30H2,1H3,(H,49,51)(H,52,56). The molecule has 18 heteroatoms. The average molecular weight is 932 g/mol. The van der Waals surface area contributed by atoms with Crippen LogP contribution < -0.4 is 19.7 Å². The monoisotopic (exact) mass is 931 g/mol. The number of hydrogen-bond donors (Lipinski definition) is 3. The van der Waals surface area contributed by atoms with Gasteiger partial charge in [-0.05, 0) is 114 Å². The number of nitro groups is 1. The van der Waals surface area contributed by atoms with Gasteiger partial charge < -0.3 is 24.7 Å². The maximum atomic E-state index is 14.0. The third-order valence-electron chi connectivity index (χ3n) is 12.5. The number of carbonyl (C=O) groups excluding carboxylic acids is 1. The second-order valence-electron chi connectivity index (χ2n) is 16.8. The molecule has 4 aromatic carbocycles. The zero-order valence-electron chi connectivity index (χ0n) is 36.2. The molecule has 1 amide bonds. The summed E-state index contributed by atoms with van der Waals surface area (Å²) in [7, 11) is -7.87. The smallest absolute Gasteiger partial charge is 0.293 e. The van der Waals surface area contributed by atoms with Crippen molar-refractivity contribution in [3.63, 3.8) is 0 Å². The molecule has 66 heavy (non-hydrogen) atoms. The van der Waals surface area contributed by atoms with Crippen molar-refractivity contribution >= 4 is 59.6 Å². The van der Waals surface area contributed by atoms with Gasteiger partial charge in [0.15, 0.2) is 0 Å². The minimum Gasteiger partial charge on any atom is -0.455 e. The molecule has 3 aliphatic rings. The maximum Gasteiger partial charge on any atom is 0.293 e. The molecule has 2 fully saturated rings. The number of hydrogen-bond acceptors (Lipinski definition) is 12. The summed E-state index contributed by atoms with van der Waals surface area (Å²) in [6.07, 6.45) is 10.7. The molecule has 0 bridgehead atoms. The van der Waals surface area contributed by atoms with Crippen molar-refractivity contribution in [1.29, 1.82) is 0 Å². The van der Waals surface area contributed by atoms with Gasteiger partial charge in [0, 0.05) is 62.7 Å². The SMILES string of the molecule is CS(=O)(=O)N1CC=C(c2ccccc2C2CCCN2c2ccc(-c3ccc(C(=O)NS(=O)(=O)c4ccc(NCC5CCOCC5)c([N+](=O)[O-])c4)c(Oc4cnc5[nH]ccc5c4)c3)cc2)CC1. The number of H-pyrrole nitrogens is 1. The molecular formula is C48H49N7O9S2. The number of nitrogens with one attached hydrogen (secondary N) is 3. The molecule has 16 nitrogen and oxygen atoms in total. The lowest BCUT2D eigenvalue weighted by atomic mass is 9.90. The molecule has 5 heterocycles. The molecular weight excluding hydrogens is 883 g/mol. The van der Waals surface area contributed by atoms with E-state index in [1.54, 1.807) is 24.4 Å². The van der Waals surface area contributed by atoms with Crippen LogP contribution in [0.4, 0.5) is 17.1 Å². The predicted octanol–water partition coefficient (Wildman–Crippen LogP) is 8.28. The summed E-state index contributed by atoms with van der Waals surface area (Å²) in [4.78, 5) is 34.8. The highest BCUT2D eigenvalue weighted by Crippen LogP contribution is 2.41. The van der Waals surface area contributed by atoms with E-state index < -0.39 is 41.5 Å². The third-order valence-corrected chi connectivity index (χ3v) is 15.1. The first-order chi connectivity index (χ1) is 31.8. The summed E-state index contributed by atoms with van der Waals surface area (Å²) >= 11 is 0. The molecule has 2 saturated heterocycles. The third kappa shape index (κ3) is 9.67. The fourth-order valence-corrected chi connectivity index (χ4v) is 10.8. The minimum atomic E-state index is -4.60. The Balaban J connectivity index is 0.969. The van der Waals surface area contributed by atoms with Crippen molar-refractivity contribution in [2.24, 2.45) is 5.92 Å². The Morgan fingerprint density at radius 1 is 0.939 bits per heavy atom. The number of sulfonamides is 2. The summed E-state index contributed by atoms with van der Waals surface area (Å²) in [5.74, 6) is -0.368. The Bertz CT molecular complexity index is 3060. The lowest BCUT2D eigenvalue weighted by Gasteiger charge is -2.31. The maximum absolute atomic E-state index is 14.0. The number of carbonyl (C=O) groups is 1. The molecule has 3 N–H and O–H groups in total. The van der Waals surface area contributed by atoms with E-state index in [9.17, 15) is 31.7 Å². The van der Waals surface area contributed by atoms with Gasteiger partial charge in [-0.1, -0.05) is 48.5 Å². The van der Waals surface area contributed by atoms with Gasteiger partial charge in [0.25, 0.3) is 21.6 Å². The second kappa shape index (κ2) is 18.7. The Labute approximate surface area is 382 Å². The van der Waals surface area contributed by atoms with Gasteiger partial charge >= 0.3 is 0 Å². The van der Waals surface area contributed by atoms with Crippen molar-refractivity contribution in [3.8, 4) is 22.6 Å². The summed E-state index contributed by atoms with van der Waals surface area (Å²) < 4.78 is 67.1. The molecule has 3 aliphatic heterocycles. The van der Waals surface area contributed by atoms with Crippen LogP contribution in [0.2, 0.25) is 0 Å². The predicted molar refractivity (Wildman–Crippen MR) is 253 cm³/mol. The fraction of sp³-hybridized carbons (Fsp3) is 0.292. The van der Waals surface area contributed by atoms with Gasteiger partial charge in [0.2, 0.25) is 10.0 Å². The first-order valence-corrected chi connectivity index (χ1v) is 25.2. The van der Waals surface area contributed by atoms with Crippen LogP contribution in [0.1, 0.15) is 59.6 Å². The van der Waals surface area contributed by atoms with Crippen LogP contribution in [0.3, 0.4) is 0 Å². The molecule has 2 aromatic heterocycles. The lowest BCUT2D eigenvalue weighted by Crippen LogP contribution is -2.33. The number of fused-ring (bicyclic) bond motifs is 1. The fourth-order valence-electron chi connectivity index (χ4n) is 9.02. The first-order valence-electron chi connectivity index (χ1n) is 21.8. The van der Waals surface area contributed by atoms with Crippen molar-refractivity contribution in [3.05, 3.63) is 142 Å². The van der Waals surface area contributed by atoms with Crippen LogP contribution in [0.5, 0.6) is 11.5 Å². The first kappa shape index (κ1) is 44.6. The van der Waals surface area contributed by atoms with E-state index in [1.807, 2.05) is 36.4 Å². The zero-order valence-corrected chi connectivity index (χ0v) is 37.8. The number of pyridine rings is 1. The van der Waals surface area contributed by atoms with E-state index in [1.165, 1.54) is 40.5 Å². The summed E-state index contributed by atoms with van der Waals surface area (Å²) in [6.45, 7) is 3.35. The van der Waals surface area contributed by atoms with Crippen LogP contribution >= 0.6 is 0 Å². The van der Waals surface area contributed by atoms with Crippen LogP contribution in [-0.2, 0) is 24.8 Å². The number of nitro benzene ring substituents is 1. The Morgan fingerprint density at radius 3 is 2.48 bits per heavy atom. The molecule has 1 atom stereocenters. The molecule has 6 aromatic rings. The normalized spacial score (nSPS) is 17.4. The van der Waals surface area contributed by atoms with Crippen LogP contribution in [0, 0.1) is 16.0 Å². The summed E-state index contributed by atoms with van der Waals surface area (Å²) in [5, 5.41) is 16.0. The van der Waals surface area contributed by atoms with E-state index in [0.29, 0.717) is 56.2 Å². The van der Waals surface area contributed by atoms with Gasteiger partial charge in [-0.2, -0.15) is 4.31 Å².